The lowest BCUT2D eigenvalue weighted by Gasteiger charge is -2.22. The number of halogens is 7. The first-order valence-electron chi connectivity index (χ1n) is 8.69. The van der Waals surface area contributed by atoms with E-state index in [-0.39, 0.29) is 26.0 Å². The van der Waals surface area contributed by atoms with Crippen molar-refractivity contribution in [3.05, 3.63) is 82.2 Å². The van der Waals surface area contributed by atoms with Crippen LogP contribution in [0.15, 0.2) is 30.3 Å². The van der Waals surface area contributed by atoms with E-state index < -0.39 is 65.0 Å². The van der Waals surface area contributed by atoms with E-state index in [1.54, 1.807) is 0 Å². The molecule has 0 aromatic heterocycles. The minimum absolute atomic E-state index is 0.136. The summed E-state index contributed by atoms with van der Waals surface area (Å²) in [7, 11) is 1.00. The Labute approximate surface area is 172 Å². The van der Waals surface area contributed by atoms with Crippen LogP contribution in [0.25, 0.3) is 0 Å². The Bertz CT molecular complexity index is 1090. The first-order valence-corrected chi connectivity index (χ1v) is 10.4. The van der Waals surface area contributed by atoms with E-state index in [2.05, 4.69) is 0 Å². The van der Waals surface area contributed by atoms with Crippen LogP contribution in [0.1, 0.15) is 11.1 Å². The maximum Gasteiger partial charge on any atom is 0.396 e. The van der Waals surface area contributed by atoms with E-state index in [9.17, 15) is 30.7 Å². The van der Waals surface area contributed by atoms with Gasteiger partial charge in [0.2, 0.25) is 0 Å². The van der Waals surface area contributed by atoms with Gasteiger partial charge in [0.25, 0.3) is 0 Å². The maximum atomic E-state index is 15.0. The summed E-state index contributed by atoms with van der Waals surface area (Å²) in [5.74, 6) is -9.08. The van der Waals surface area contributed by atoms with Gasteiger partial charge in [-0.1, -0.05) is 8.85 Å². The van der Waals surface area contributed by atoms with Crippen molar-refractivity contribution in [1.82, 2.24) is 0 Å². The smallest absolute Gasteiger partial charge is 0.396 e. The molecule has 0 N–H and O–H groups in total. The third-order valence-corrected chi connectivity index (χ3v) is 8.51. The topological polar surface area (TPSA) is 9.23 Å². The second kappa shape index (κ2) is 8.32. The summed E-state index contributed by atoms with van der Waals surface area (Å²) in [5.41, 5.74) is -0.272. The van der Waals surface area contributed by atoms with Crippen LogP contribution in [0.4, 0.5) is 30.7 Å². The highest BCUT2D eigenvalue weighted by atomic mass is 27.2. The molecule has 0 aliphatic carbocycles. The number of hydrogen-bond donors (Lipinski definition) is 0. The molecule has 0 bridgehead atoms. The van der Waals surface area contributed by atoms with Gasteiger partial charge >= 0.3 is 14.1 Å². The lowest BCUT2D eigenvalue weighted by Crippen LogP contribution is -2.56. The Balaban J connectivity index is 2.52. The minimum atomic E-state index is -3.59. The van der Waals surface area contributed by atoms with Crippen LogP contribution in [0.3, 0.4) is 0 Å². The Morgan fingerprint density at radius 1 is 0.633 bits per heavy atom. The van der Waals surface area contributed by atoms with Crippen molar-refractivity contribution in [2.24, 2.45) is 0 Å². The van der Waals surface area contributed by atoms with E-state index in [0.717, 1.165) is 19.2 Å². The summed E-state index contributed by atoms with van der Waals surface area (Å²) in [4.78, 5) is 0. The molecule has 3 aromatic rings. The molecule has 0 saturated carbocycles. The molecule has 1 nitrogen and oxygen atoms in total. The van der Waals surface area contributed by atoms with Gasteiger partial charge in [0.15, 0.2) is 17.5 Å². The molecule has 0 aliphatic heterocycles. The molecule has 0 amide bonds. The van der Waals surface area contributed by atoms with Gasteiger partial charge in [0.1, 0.15) is 29.0 Å². The Morgan fingerprint density at radius 2 is 1.10 bits per heavy atom. The second-order valence-electron chi connectivity index (χ2n) is 6.74. The Kier molecular flexibility index (Phi) is 6.16. The highest BCUT2D eigenvalue weighted by Crippen LogP contribution is 2.21. The lowest BCUT2D eigenvalue weighted by atomic mass is 10.2. The molecule has 0 atom stereocenters. The van der Waals surface area contributed by atoms with Gasteiger partial charge in [-0.3, -0.25) is 0 Å². The fourth-order valence-electron chi connectivity index (χ4n) is 3.47. The van der Waals surface area contributed by atoms with Crippen molar-refractivity contribution in [2.45, 2.75) is 13.8 Å². The summed E-state index contributed by atoms with van der Waals surface area (Å²) >= 11 is -3.59. The first-order chi connectivity index (χ1) is 14.1. The van der Waals surface area contributed by atoms with Crippen molar-refractivity contribution >= 4 is 27.4 Å². The summed E-state index contributed by atoms with van der Waals surface area (Å²) in [5, 5.41) is 0. The number of benzene rings is 3. The van der Waals surface area contributed by atoms with Gasteiger partial charge in [0.05, 0.1) is 7.11 Å². The zero-order valence-corrected chi connectivity index (χ0v) is 17.2. The molecule has 3 aromatic carbocycles. The first kappa shape index (κ1) is 22.2. The molecule has 0 heterocycles. The van der Waals surface area contributed by atoms with Gasteiger partial charge in [-0.15, -0.1) is 0 Å². The summed E-state index contributed by atoms with van der Waals surface area (Å²) < 4.78 is 104. The van der Waals surface area contributed by atoms with Crippen molar-refractivity contribution in [2.75, 3.05) is 7.11 Å². The standard InChI is InChI=1S/C7H4F3O.2C7H5F2.Al/c1-11-7-3-5(9)4(8)2-6(7)10;2*1-5-2-3-6(8)4-7(5)9;/h2H,1H3;2*3-4H,1H3;. The third-order valence-electron chi connectivity index (χ3n) is 4.97. The molecule has 0 unspecified atom stereocenters. The Hall–Kier alpha value is -2.50. The molecule has 0 spiro atoms. The van der Waals surface area contributed by atoms with Crippen LogP contribution >= 0.6 is 0 Å². The van der Waals surface area contributed by atoms with Gasteiger partial charge in [-0.2, -0.15) is 0 Å². The quantitative estimate of drug-likeness (QED) is 0.340. The van der Waals surface area contributed by atoms with Gasteiger partial charge in [-0.05, 0) is 41.5 Å². The average Bonchev–Trinajstić information content (AvgIpc) is 2.66. The van der Waals surface area contributed by atoms with Crippen LogP contribution < -0.4 is 18.0 Å². The number of hydrogen-bond acceptors (Lipinski definition) is 1. The van der Waals surface area contributed by atoms with Crippen LogP contribution in [0, 0.1) is 54.6 Å². The molecule has 0 fully saturated rings. The maximum absolute atomic E-state index is 15.0. The third kappa shape index (κ3) is 3.80. The van der Waals surface area contributed by atoms with E-state index in [1.165, 1.54) is 13.8 Å². The van der Waals surface area contributed by atoms with Crippen LogP contribution in [0.2, 0.25) is 0 Å². The van der Waals surface area contributed by atoms with Crippen molar-refractivity contribution in [3.63, 3.8) is 0 Å². The predicted octanol–water partition coefficient (Wildman–Crippen LogP) is 3.80. The van der Waals surface area contributed by atoms with E-state index in [0.29, 0.717) is 12.1 Å². The van der Waals surface area contributed by atoms with Gasteiger partial charge in [0, 0.05) is 18.2 Å². The molecule has 156 valence electrons. The predicted molar refractivity (Wildman–Crippen MR) is 99.7 cm³/mol. The van der Waals surface area contributed by atoms with Crippen LogP contribution in [0.5, 0.6) is 5.75 Å². The number of rotatable bonds is 4. The molecule has 3 rings (SSSR count). The molecular weight excluding hydrogens is 428 g/mol. The van der Waals surface area contributed by atoms with Crippen molar-refractivity contribution < 1.29 is 35.5 Å². The zero-order valence-electron chi connectivity index (χ0n) is 16.0. The minimum Gasteiger partial charge on any atom is -0.495 e. The highest BCUT2D eigenvalue weighted by Gasteiger charge is 2.38. The fourth-order valence-corrected chi connectivity index (χ4v) is 7.13. The lowest BCUT2D eigenvalue weighted by molar-refractivity contribution is 0.381. The van der Waals surface area contributed by atoms with Crippen molar-refractivity contribution in [1.29, 1.82) is 0 Å². The monoisotopic (exact) mass is 442 g/mol. The molecular formula is C21H14AlF7O. The SMILES string of the molecule is COc1c(F)cc(F)c(F)[c]1[Al]([c]1cc(F)cc(F)c1C)[c]1cc(F)cc(F)c1C. The fraction of sp³-hybridized carbons (Fsp3) is 0.143. The Morgan fingerprint density at radius 3 is 1.53 bits per heavy atom. The molecule has 30 heavy (non-hydrogen) atoms. The van der Waals surface area contributed by atoms with E-state index in [1.807, 2.05) is 0 Å². The number of methoxy groups -OCH3 is 1. The summed E-state index contributed by atoms with van der Waals surface area (Å²) in [6.07, 6.45) is 0. The largest absolute Gasteiger partial charge is 0.495 e. The molecule has 0 aliphatic rings. The normalized spacial score (nSPS) is 11.0. The van der Waals surface area contributed by atoms with E-state index in [4.69, 9.17) is 4.74 Å². The summed E-state index contributed by atoms with van der Waals surface area (Å²) in [6, 6.07) is 3.19. The average molecular weight is 442 g/mol. The van der Waals surface area contributed by atoms with Crippen LogP contribution in [-0.4, -0.2) is 21.3 Å². The van der Waals surface area contributed by atoms with Gasteiger partial charge in [-0.25, -0.2) is 30.7 Å². The second-order valence-corrected chi connectivity index (χ2v) is 9.43. The number of ether oxygens (including phenoxy) is 1. The zero-order chi connectivity index (χ0) is 22.3. The van der Waals surface area contributed by atoms with Crippen LogP contribution in [-0.2, 0) is 0 Å². The highest BCUT2D eigenvalue weighted by molar-refractivity contribution is 6.96. The van der Waals surface area contributed by atoms with Gasteiger partial charge < -0.3 is 4.74 Å². The van der Waals surface area contributed by atoms with Crippen molar-refractivity contribution in [3.8, 4) is 5.75 Å². The molecule has 0 saturated heterocycles. The summed E-state index contributed by atoms with van der Waals surface area (Å²) in [6.45, 7) is 2.52. The molecule has 0 radical (unpaired) electrons. The van der Waals surface area contributed by atoms with E-state index >= 15 is 0 Å². The molecule has 9 heteroatoms.